The molecule has 1 unspecified atom stereocenters. The van der Waals surface area contributed by atoms with Crippen molar-refractivity contribution in [3.63, 3.8) is 0 Å². The van der Waals surface area contributed by atoms with Crippen molar-refractivity contribution in [3.8, 4) is 0 Å². The molecule has 23 heavy (non-hydrogen) atoms. The molecule has 0 bridgehead atoms. The molecule has 0 spiro atoms. The first-order valence-electron chi connectivity index (χ1n) is 6.34. The first-order valence-corrected chi connectivity index (χ1v) is 6.34. The summed E-state index contributed by atoms with van der Waals surface area (Å²) in [7, 11) is 0. The topological polar surface area (TPSA) is 172 Å². The third-order valence-electron chi connectivity index (χ3n) is 3.51. The van der Waals surface area contributed by atoms with E-state index in [4.69, 9.17) is 0 Å². The number of quaternary nitrogens is 1. The van der Waals surface area contributed by atoms with E-state index in [0.717, 1.165) is 6.08 Å². The lowest BCUT2D eigenvalue weighted by Gasteiger charge is -2.17. The largest absolute Gasteiger partial charge is 0.612 e. The van der Waals surface area contributed by atoms with Gasteiger partial charge in [-0.3, -0.25) is 10.1 Å². The fraction of sp³-hybridized carbons (Fsp3) is 0.0833. The predicted molar refractivity (Wildman–Crippen MR) is 74.2 cm³/mol. The van der Waals surface area contributed by atoms with Gasteiger partial charge in [0.15, 0.2) is 4.60 Å². The number of rotatable bonds is 2. The number of H-pyrrole nitrogens is 1. The van der Waals surface area contributed by atoms with Crippen LogP contribution >= 0.6 is 0 Å². The number of nitrogens with one attached hydrogen (secondary N) is 1. The Morgan fingerprint density at radius 1 is 1.22 bits per heavy atom. The maximum atomic E-state index is 11.9. The molecule has 11 nitrogen and oxygen atoms in total. The average Bonchev–Trinajstić information content (AvgIpc) is 2.88. The van der Waals surface area contributed by atoms with Gasteiger partial charge in [-0.2, -0.15) is 4.90 Å². The minimum atomic E-state index is -1.10. The SMILES string of the molecule is [NH3+]c1ccc(C2C(=[N+]([O-])[O-])C=C([N+](=O)[O-])c3[nH]o[n+](=O)c32)cc1. The second-order valence-electron chi connectivity index (χ2n) is 4.85. The lowest BCUT2D eigenvalue weighted by atomic mass is 9.85. The first-order chi connectivity index (χ1) is 10.9. The van der Waals surface area contributed by atoms with E-state index < -0.39 is 27.2 Å². The summed E-state index contributed by atoms with van der Waals surface area (Å²) < 4.78 is 4.56. The van der Waals surface area contributed by atoms with E-state index in [-0.39, 0.29) is 16.0 Å². The minimum Gasteiger partial charge on any atom is -0.612 e. The lowest BCUT2D eigenvalue weighted by molar-refractivity contribution is -0.719. The van der Waals surface area contributed by atoms with Gasteiger partial charge < -0.3 is 16.1 Å². The third kappa shape index (κ3) is 2.24. The summed E-state index contributed by atoms with van der Waals surface area (Å²) in [6.07, 6.45) is 0.830. The molecule has 3 rings (SSSR count). The Morgan fingerprint density at radius 2 is 1.87 bits per heavy atom. The molecule has 0 saturated heterocycles. The zero-order valence-corrected chi connectivity index (χ0v) is 11.5. The van der Waals surface area contributed by atoms with Crippen molar-refractivity contribution in [3.05, 3.63) is 72.7 Å². The van der Waals surface area contributed by atoms with E-state index in [2.05, 4.69) is 15.5 Å². The quantitative estimate of drug-likeness (QED) is 0.433. The molecule has 0 amide bonds. The summed E-state index contributed by atoms with van der Waals surface area (Å²) in [6, 6.07) is 6.38. The second-order valence-corrected chi connectivity index (χ2v) is 4.85. The molecular formula is C12H10N5O6+. The van der Waals surface area contributed by atoms with Gasteiger partial charge in [0.2, 0.25) is 5.71 Å². The Hall–Kier alpha value is -3.47. The van der Waals surface area contributed by atoms with Gasteiger partial charge in [-0.15, -0.1) is 0 Å². The molecule has 1 aliphatic rings. The van der Waals surface area contributed by atoms with E-state index in [1.807, 2.05) is 0 Å². The monoisotopic (exact) mass is 320 g/mol. The van der Waals surface area contributed by atoms with Crippen molar-refractivity contribution in [1.82, 2.24) is 5.16 Å². The zero-order chi connectivity index (χ0) is 16.7. The van der Waals surface area contributed by atoms with Crippen LogP contribution in [0.5, 0.6) is 0 Å². The van der Waals surface area contributed by atoms with Crippen molar-refractivity contribution in [2.75, 3.05) is 0 Å². The van der Waals surface area contributed by atoms with Crippen LogP contribution in [0.2, 0.25) is 0 Å². The number of allylic oxidation sites excluding steroid dienone is 1. The summed E-state index contributed by atoms with van der Waals surface area (Å²) >= 11 is 0. The highest BCUT2D eigenvalue weighted by molar-refractivity contribution is 6.05. The number of hydrogen-bond acceptors (Lipinski definition) is 6. The molecule has 11 heteroatoms. The number of nitro groups is 1. The van der Waals surface area contributed by atoms with Crippen LogP contribution in [0.3, 0.4) is 0 Å². The van der Waals surface area contributed by atoms with Crippen molar-refractivity contribution >= 4 is 17.1 Å². The molecule has 1 aromatic heterocycles. The summed E-state index contributed by atoms with van der Waals surface area (Å²) in [5.74, 6) is -1.10. The molecule has 0 aliphatic heterocycles. The standard InChI is InChI=1S/C12H9N5O6/c13-7-3-1-6(2-4-7)10-8(15(18)19)5-9(16(20)21)11-12(10)17(22)23-14-11/h1-5,10,14H,13H2/p+1. The molecule has 2 aromatic rings. The van der Waals surface area contributed by atoms with Crippen molar-refractivity contribution < 1.29 is 24.8 Å². The number of nitrogens with zero attached hydrogens (tertiary/aromatic N) is 3. The van der Waals surface area contributed by atoms with Gasteiger partial charge in [0.25, 0.3) is 11.4 Å². The molecule has 4 N–H and O–H groups in total. The highest BCUT2D eigenvalue weighted by Gasteiger charge is 2.47. The fourth-order valence-electron chi connectivity index (χ4n) is 2.49. The van der Waals surface area contributed by atoms with Gasteiger partial charge in [-0.05, 0) is 22.6 Å². The zero-order valence-electron chi connectivity index (χ0n) is 11.5. The average molecular weight is 320 g/mol. The fourth-order valence-corrected chi connectivity index (χ4v) is 2.49. The molecule has 0 radical (unpaired) electrons. The Balaban J connectivity index is 2.32. The van der Waals surface area contributed by atoms with Crippen LogP contribution in [0.25, 0.3) is 5.70 Å². The van der Waals surface area contributed by atoms with Crippen LogP contribution in [-0.4, -0.2) is 20.7 Å². The summed E-state index contributed by atoms with van der Waals surface area (Å²) in [5.41, 5.74) is 3.30. The maximum absolute atomic E-state index is 11.9. The number of benzene rings is 1. The molecule has 1 aromatic carbocycles. The number of fused-ring (bicyclic) bond motifs is 1. The summed E-state index contributed by atoms with van der Waals surface area (Å²) in [6.45, 7) is 0. The molecule has 0 saturated carbocycles. The second kappa shape index (κ2) is 5.06. The lowest BCUT2D eigenvalue weighted by Crippen LogP contribution is -2.40. The molecule has 118 valence electrons. The molecule has 1 aliphatic carbocycles. The Bertz CT molecular complexity index is 903. The number of aromatic amines is 1. The molecular weight excluding hydrogens is 310 g/mol. The first kappa shape index (κ1) is 14.5. The van der Waals surface area contributed by atoms with Gasteiger partial charge in [0.1, 0.15) is 11.6 Å². The normalized spacial score (nSPS) is 16.7. The van der Waals surface area contributed by atoms with Gasteiger partial charge in [-0.1, -0.05) is 21.9 Å². The molecule has 1 atom stereocenters. The van der Waals surface area contributed by atoms with Crippen LogP contribution in [-0.2, 0) is 0 Å². The van der Waals surface area contributed by atoms with Gasteiger partial charge in [0, 0.05) is 0 Å². The number of hydrogen-bond donors (Lipinski definition) is 2. The molecule has 0 fully saturated rings. The highest BCUT2D eigenvalue weighted by Crippen LogP contribution is 2.34. The van der Waals surface area contributed by atoms with Gasteiger partial charge in [0.05, 0.1) is 11.0 Å². The predicted octanol–water partition coefficient (Wildman–Crippen LogP) is -0.392. The van der Waals surface area contributed by atoms with E-state index in [0.29, 0.717) is 11.3 Å². The Labute approximate surface area is 126 Å². The summed E-state index contributed by atoms with van der Waals surface area (Å²) in [5, 5.41) is 36.0. The van der Waals surface area contributed by atoms with Crippen LogP contribution < -0.4 is 10.3 Å². The maximum Gasteiger partial charge on any atom is 0.329 e. The van der Waals surface area contributed by atoms with Crippen molar-refractivity contribution in [1.29, 1.82) is 0 Å². The third-order valence-corrected chi connectivity index (χ3v) is 3.51. The van der Waals surface area contributed by atoms with Crippen LogP contribution in [0.15, 0.2) is 35.0 Å². The van der Waals surface area contributed by atoms with E-state index >= 15 is 0 Å². The van der Waals surface area contributed by atoms with Crippen molar-refractivity contribution in [2.45, 2.75) is 5.92 Å². The summed E-state index contributed by atoms with van der Waals surface area (Å²) in [4.78, 5) is 21.4. The van der Waals surface area contributed by atoms with E-state index in [9.17, 15) is 25.4 Å². The smallest absolute Gasteiger partial charge is 0.329 e. The van der Waals surface area contributed by atoms with Crippen LogP contribution in [0, 0.1) is 25.4 Å². The highest BCUT2D eigenvalue weighted by atomic mass is 16.8. The Morgan fingerprint density at radius 3 is 2.43 bits per heavy atom. The van der Waals surface area contributed by atoms with E-state index in [1.165, 1.54) is 0 Å². The van der Waals surface area contributed by atoms with Gasteiger partial charge >= 0.3 is 5.70 Å². The molecule has 1 heterocycles. The minimum absolute atomic E-state index is 0.0120. The van der Waals surface area contributed by atoms with E-state index in [1.54, 1.807) is 24.3 Å². The van der Waals surface area contributed by atoms with Crippen LogP contribution in [0.1, 0.15) is 22.9 Å². The van der Waals surface area contributed by atoms with Crippen LogP contribution in [0.4, 0.5) is 5.69 Å². The Kier molecular flexibility index (Phi) is 3.19. The van der Waals surface area contributed by atoms with Crippen molar-refractivity contribution in [2.24, 2.45) is 0 Å². The number of aromatic nitrogens is 2. The van der Waals surface area contributed by atoms with Gasteiger partial charge in [-0.25, -0.2) is 0 Å².